The third kappa shape index (κ3) is 4.99. The topological polar surface area (TPSA) is 69.4 Å². The van der Waals surface area contributed by atoms with Crippen molar-refractivity contribution >= 4 is 12.9 Å². The molecule has 62 valence electrons. The molecule has 0 aliphatic heterocycles. The highest BCUT2D eigenvalue weighted by Crippen LogP contribution is 2.05. The summed E-state index contributed by atoms with van der Waals surface area (Å²) in [5.74, 6) is 0.521. The van der Waals surface area contributed by atoms with Gasteiger partial charge in [0, 0.05) is 0 Å². The lowest BCUT2D eigenvalue weighted by atomic mass is 10.3. The number of hydrogen-bond donors (Lipinski definition) is 1. The molecule has 0 spiro atoms. The minimum Gasteiger partial charge on any atom is -0.418 e. The average Bonchev–Trinajstić information content (AvgIpc) is 2.08. The molecule has 0 heterocycles. The summed E-state index contributed by atoms with van der Waals surface area (Å²) in [6.45, 7) is 1.33. The van der Waals surface area contributed by atoms with Crippen LogP contribution in [0.2, 0.25) is 0 Å². The van der Waals surface area contributed by atoms with Gasteiger partial charge in [-0.15, -0.1) is 0 Å². The molecule has 0 fully saturated rings. The Hall–Kier alpha value is -1.84. The summed E-state index contributed by atoms with van der Waals surface area (Å²) in [5, 5.41) is 0. The van der Waals surface area contributed by atoms with E-state index in [-0.39, 0.29) is 0 Å². The van der Waals surface area contributed by atoms with Crippen molar-refractivity contribution in [2.45, 2.75) is 0 Å². The molecule has 0 atom stereocenters. The minimum absolute atomic E-state index is 0.521. The van der Waals surface area contributed by atoms with E-state index in [0.717, 1.165) is 6.41 Å². The zero-order valence-electron chi connectivity index (χ0n) is 6.19. The number of para-hydroxylation sites is 1. The Kier molecular flexibility index (Phi) is 6.15. The first kappa shape index (κ1) is 10.2. The Balaban J connectivity index is 0.000000354. The Morgan fingerprint density at radius 3 is 2.08 bits per heavy atom. The third-order valence-corrected chi connectivity index (χ3v) is 0.903. The molecule has 0 saturated carbocycles. The fraction of sp³-hybridized carbons (Fsp3) is 0. The second-order valence-corrected chi connectivity index (χ2v) is 1.62. The zero-order valence-corrected chi connectivity index (χ0v) is 6.19. The second-order valence-electron chi connectivity index (χ2n) is 1.62. The molecule has 1 aromatic rings. The van der Waals surface area contributed by atoms with Gasteiger partial charge in [-0.1, -0.05) is 18.2 Å². The maximum atomic E-state index is 9.63. The molecule has 4 heteroatoms. The third-order valence-electron chi connectivity index (χ3n) is 0.903. The van der Waals surface area contributed by atoms with Crippen LogP contribution in [-0.4, -0.2) is 12.9 Å². The van der Waals surface area contributed by atoms with Crippen LogP contribution in [0.15, 0.2) is 30.3 Å². The van der Waals surface area contributed by atoms with E-state index in [2.05, 4.69) is 10.5 Å². The number of amides is 1. The zero-order chi connectivity index (χ0) is 9.23. The van der Waals surface area contributed by atoms with Gasteiger partial charge in [0.2, 0.25) is 0 Å². The van der Waals surface area contributed by atoms with Crippen LogP contribution >= 0.6 is 0 Å². The van der Waals surface area contributed by atoms with Crippen LogP contribution in [-0.2, 0) is 9.59 Å². The van der Waals surface area contributed by atoms with Gasteiger partial charge in [0.05, 0.1) is 0 Å². The molecule has 2 N–H and O–H groups in total. The smallest absolute Gasteiger partial charge is 0.418 e. The standard InChI is InChI=1S/C7H5O2.CH2NO/c8-6-9-7-4-2-1-3-5-7;2-1-3/h1-5H;(H2,2,3). The Labute approximate surface area is 69.9 Å². The predicted molar refractivity (Wildman–Crippen MR) is 42.6 cm³/mol. The molecular weight excluding hydrogens is 158 g/mol. The van der Waals surface area contributed by atoms with Gasteiger partial charge in [0.1, 0.15) is 5.75 Å². The van der Waals surface area contributed by atoms with Gasteiger partial charge in [0.25, 0.3) is 0 Å². The lowest BCUT2D eigenvalue weighted by molar-refractivity contribution is 0.443. The van der Waals surface area contributed by atoms with Crippen molar-refractivity contribution in [3.63, 3.8) is 0 Å². The minimum atomic E-state index is 0.521. The number of primary amides is 1. The molecule has 0 bridgehead atoms. The van der Waals surface area contributed by atoms with Crippen molar-refractivity contribution in [1.29, 1.82) is 0 Å². The highest BCUT2D eigenvalue weighted by atomic mass is 16.5. The molecule has 4 nitrogen and oxygen atoms in total. The summed E-state index contributed by atoms with van der Waals surface area (Å²) in [4.78, 5) is 18.1. The van der Waals surface area contributed by atoms with E-state index in [1.165, 1.54) is 6.47 Å². The van der Waals surface area contributed by atoms with E-state index in [0.29, 0.717) is 5.75 Å². The number of benzene rings is 1. The van der Waals surface area contributed by atoms with Gasteiger partial charge < -0.3 is 10.5 Å². The number of nitrogens with two attached hydrogens (primary N) is 1. The summed E-state index contributed by atoms with van der Waals surface area (Å²) < 4.78 is 4.40. The van der Waals surface area contributed by atoms with Crippen LogP contribution in [0.1, 0.15) is 0 Å². The van der Waals surface area contributed by atoms with Gasteiger partial charge in [-0.3, -0.25) is 4.79 Å². The van der Waals surface area contributed by atoms with E-state index in [4.69, 9.17) is 4.79 Å². The Morgan fingerprint density at radius 2 is 1.67 bits per heavy atom. The van der Waals surface area contributed by atoms with E-state index < -0.39 is 0 Å². The van der Waals surface area contributed by atoms with Crippen molar-refractivity contribution < 1.29 is 14.3 Å². The molecule has 1 amide bonds. The van der Waals surface area contributed by atoms with Crippen LogP contribution in [0.4, 0.5) is 0 Å². The Bertz CT molecular complexity index is 223. The highest BCUT2D eigenvalue weighted by molar-refractivity contribution is 5.45. The molecule has 2 radical (unpaired) electrons. The van der Waals surface area contributed by atoms with Crippen LogP contribution < -0.4 is 10.5 Å². The molecule has 1 rings (SSSR count). The summed E-state index contributed by atoms with van der Waals surface area (Å²) >= 11 is 0. The number of rotatable bonds is 2. The molecule has 0 aromatic heterocycles. The monoisotopic (exact) mass is 165 g/mol. The lowest BCUT2D eigenvalue weighted by Gasteiger charge is -1.90. The van der Waals surface area contributed by atoms with E-state index in [1.54, 1.807) is 24.3 Å². The molecule has 0 aliphatic carbocycles. The number of carbonyl (C=O) groups excluding carboxylic acids is 2. The van der Waals surface area contributed by atoms with Crippen molar-refractivity contribution in [2.75, 3.05) is 0 Å². The van der Waals surface area contributed by atoms with E-state index >= 15 is 0 Å². The largest absolute Gasteiger partial charge is 0.423 e. The van der Waals surface area contributed by atoms with Gasteiger partial charge in [-0.25, -0.2) is 4.79 Å². The normalized spacial score (nSPS) is 7.33. The van der Waals surface area contributed by atoms with Crippen molar-refractivity contribution in [1.82, 2.24) is 0 Å². The summed E-state index contributed by atoms with van der Waals surface area (Å²) in [7, 11) is 0. The van der Waals surface area contributed by atoms with E-state index in [1.807, 2.05) is 6.07 Å². The number of hydrogen-bond acceptors (Lipinski definition) is 3. The first-order chi connectivity index (χ1) is 5.85. The molecule has 0 saturated heterocycles. The first-order valence-electron chi connectivity index (χ1n) is 3.02. The molecule has 0 unspecified atom stereocenters. The lowest BCUT2D eigenvalue weighted by Crippen LogP contribution is -1.85. The summed E-state index contributed by atoms with van der Waals surface area (Å²) in [5.41, 5.74) is 4.04. The van der Waals surface area contributed by atoms with E-state index in [9.17, 15) is 4.79 Å². The number of ether oxygens (including phenoxy) is 1. The molecule has 0 aliphatic rings. The first-order valence-corrected chi connectivity index (χ1v) is 3.02. The van der Waals surface area contributed by atoms with Gasteiger partial charge in [-0.2, -0.15) is 0 Å². The van der Waals surface area contributed by atoms with Gasteiger partial charge in [0.15, 0.2) is 0 Å². The van der Waals surface area contributed by atoms with Crippen LogP contribution in [0.25, 0.3) is 0 Å². The average molecular weight is 165 g/mol. The quantitative estimate of drug-likeness (QED) is 0.634. The van der Waals surface area contributed by atoms with Crippen LogP contribution in [0.5, 0.6) is 5.75 Å². The molecule has 12 heavy (non-hydrogen) atoms. The van der Waals surface area contributed by atoms with Crippen molar-refractivity contribution in [3.8, 4) is 5.75 Å². The Morgan fingerprint density at radius 1 is 1.17 bits per heavy atom. The van der Waals surface area contributed by atoms with Crippen LogP contribution in [0, 0.1) is 0 Å². The molecule has 1 aromatic carbocycles. The summed E-state index contributed by atoms with van der Waals surface area (Å²) in [6, 6.07) is 8.78. The van der Waals surface area contributed by atoms with Crippen molar-refractivity contribution in [2.24, 2.45) is 5.73 Å². The van der Waals surface area contributed by atoms with Crippen molar-refractivity contribution in [3.05, 3.63) is 30.3 Å². The second kappa shape index (κ2) is 7.27. The fourth-order valence-electron chi connectivity index (χ4n) is 0.537. The molecular formula is C8H7NO3. The van der Waals surface area contributed by atoms with Crippen LogP contribution in [0.3, 0.4) is 0 Å². The maximum Gasteiger partial charge on any atom is 0.423 e. The summed E-state index contributed by atoms with van der Waals surface area (Å²) in [6.07, 6.45) is 1.00. The highest BCUT2D eigenvalue weighted by Gasteiger charge is 1.85. The van der Waals surface area contributed by atoms with Gasteiger partial charge >= 0.3 is 12.9 Å². The SMILES string of the molecule is N[C]=O.O=[C]Oc1ccccc1. The van der Waals surface area contributed by atoms with Gasteiger partial charge in [-0.05, 0) is 12.1 Å². The fourth-order valence-corrected chi connectivity index (χ4v) is 0.537. The maximum absolute atomic E-state index is 9.63. The predicted octanol–water partition coefficient (Wildman–Crippen LogP) is 0.145.